The summed E-state index contributed by atoms with van der Waals surface area (Å²) in [4.78, 5) is 7.50. The molecule has 0 amide bonds. The number of nitrogens with zero attached hydrogens (tertiary/aromatic N) is 2. The average molecular weight is 267 g/mol. The van der Waals surface area contributed by atoms with Crippen LogP contribution in [0.5, 0.6) is 11.6 Å². The first kappa shape index (κ1) is 12.3. The molecule has 0 unspecified atom stereocenters. The number of benzene rings is 1. The van der Waals surface area contributed by atoms with E-state index in [1.807, 2.05) is 0 Å². The Balaban J connectivity index is 2.40. The fraction of sp³-hybridized carbons (Fsp3) is 0. The number of rotatable bonds is 3. The minimum Gasteiger partial charge on any atom is -0.435 e. The highest BCUT2D eigenvalue weighted by Crippen LogP contribution is 2.25. The number of ether oxygens (including phenoxy) is 1. The van der Waals surface area contributed by atoms with Crippen molar-refractivity contribution in [2.24, 2.45) is 5.73 Å². The number of hydrogen-bond acceptors (Lipinski definition) is 4. The largest absolute Gasteiger partial charge is 0.435 e. The molecular weight excluding hydrogens is 260 g/mol. The summed E-state index contributed by atoms with van der Waals surface area (Å²) >= 11 is 4.77. The summed E-state index contributed by atoms with van der Waals surface area (Å²) in [6.07, 6.45) is 2.52. The highest BCUT2D eigenvalue weighted by molar-refractivity contribution is 7.80. The summed E-state index contributed by atoms with van der Waals surface area (Å²) in [5.74, 6) is -1.67. The Bertz CT molecular complexity index is 607. The lowest BCUT2D eigenvalue weighted by atomic mass is 10.3. The summed E-state index contributed by atoms with van der Waals surface area (Å²) in [5.41, 5.74) is 5.69. The van der Waals surface area contributed by atoms with E-state index in [1.54, 1.807) is 0 Å². The molecule has 2 aromatic rings. The van der Waals surface area contributed by atoms with Gasteiger partial charge in [0.15, 0.2) is 11.6 Å². The van der Waals surface area contributed by atoms with Gasteiger partial charge < -0.3 is 10.5 Å². The first-order chi connectivity index (χ1) is 8.58. The predicted molar refractivity (Wildman–Crippen MR) is 64.4 cm³/mol. The van der Waals surface area contributed by atoms with Crippen molar-refractivity contribution in [3.63, 3.8) is 0 Å². The van der Waals surface area contributed by atoms with Gasteiger partial charge in [-0.15, -0.1) is 0 Å². The second-order valence-electron chi connectivity index (χ2n) is 3.28. The number of thiocarbonyl (C=S) groups is 1. The van der Waals surface area contributed by atoms with Crippen LogP contribution in [0.15, 0.2) is 30.7 Å². The van der Waals surface area contributed by atoms with Crippen molar-refractivity contribution in [1.82, 2.24) is 9.97 Å². The Morgan fingerprint density at radius 2 is 2.11 bits per heavy atom. The Labute approximate surface area is 106 Å². The Hall–Kier alpha value is -2.15. The van der Waals surface area contributed by atoms with Gasteiger partial charge in [-0.25, -0.2) is 18.7 Å². The van der Waals surface area contributed by atoms with Gasteiger partial charge in [0.05, 0.1) is 5.56 Å². The van der Waals surface area contributed by atoms with Crippen molar-refractivity contribution < 1.29 is 13.5 Å². The van der Waals surface area contributed by atoms with Crippen LogP contribution in [0.4, 0.5) is 8.78 Å². The van der Waals surface area contributed by atoms with E-state index in [1.165, 1.54) is 12.5 Å². The molecule has 0 fully saturated rings. The molecule has 2 rings (SSSR count). The lowest BCUT2D eigenvalue weighted by Crippen LogP contribution is -2.12. The molecule has 0 spiro atoms. The first-order valence-corrected chi connectivity index (χ1v) is 5.21. The van der Waals surface area contributed by atoms with Crippen LogP contribution in [0.1, 0.15) is 5.56 Å². The van der Waals surface area contributed by atoms with E-state index < -0.39 is 11.6 Å². The van der Waals surface area contributed by atoms with Gasteiger partial charge in [-0.1, -0.05) is 12.2 Å². The van der Waals surface area contributed by atoms with E-state index in [4.69, 9.17) is 22.7 Å². The lowest BCUT2D eigenvalue weighted by Gasteiger charge is -2.08. The first-order valence-electron chi connectivity index (χ1n) is 4.80. The quantitative estimate of drug-likeness (QED) is 0.864. The Kier molecular flexibility index (Phi) is 3.42. The van der Waals surface area contributed by atoms with Gasteiger partial charge in [-0.3, -0.25) is 0 Å². The second-order valence-corrected chi connectivity index (χ2v) is 3.72. The molecule has 0 saturated heterocycles. The van der Waals surface area contributed by atoms with E-state index in [-0.39, 0.29) is 22.2 Å². The molecule has 92 valence electrons. The number of aromatic nitrogens is 2. The standard InChI is InChI=1S/C11H7F2N3OS/c12-6-1-2-8(13)9(3-6)17-11-7(10(14)18)4-15-5-16-11/h1-5H,(H2,14,18). The van der Waals surface area contributed by atoms with Gasteiger partial charge in [0, 0.05) is 12.3 Å². The van der Waals surface area contributed by atoms with Crippen LogP contribution in [-0.4, -0.2) is 15.0 Å². The molecule has 0 aliphatic rings. The lowest BCUT2D eigenvalue weighted by molar-refractivity contribution is 0.421. The Morgan fingerprint density at radius 1 is 1.33 bits per heavy atom. The molecule has 0 atom stereocenters. The summed E-state index contributed by atoms with van der Waals surface area (Å²) in [6, 6.07) is 2.84. The predicted octanol–water partition coefficient (Wildman–Crippen LogP) is 2.18. The maximum Gasteiger partial charge on any atom is 0.232 e. The van der Waals surface area contributed by atoms with Gasteiger partial charge in [-0.2, -0.15) is 0 Å². The second kappa shape index (κ2) is 5.01. The van der Waals surface area contributed by atoms with Crippen molar-refractivity contribution in [3.8, 4) is 11.6 Å². The van der Waals surface area contributed by atoms with Crippen molar-refractivity contribution in [2.75, 3.05) is 0 Å². The third-order valence-electron chi connectivity index (χ3n) is 2.04. The van der Waals surface area contributed by atoms with Crippen LogP contribution < -0.4 is 10.5 Å². The molecule has 0 aliphatic carbocycles. The molecule has 2 N–H and O–H groups in total. The fourth-order valence-corrected chi connectivity index (χ4v) is 1.37. The van der Waals surface area contributed by atoms with Gasteiger partial charge in [0.25, 0.3) is 0 Å². The number of halogens is 2. The highest BCUT2D eigenvalue weighted by atomic mass is 32.1. The normalized spacial score (nSPS) is 10.1. The van der Waals surface area contributed by atoms with E-state index in [9.17, 15) is 8.78 Å². The van der Waals surface area contributed by atoms with Crippen molar-refractivity contribution in [2.45, 2.75) is 0 Å². The van der Waals surface area contributed by atoms with E-state index in [2.05, 4.69) is 9.97 Å². The molecule has 4 nitrogen and oxygen atoms in total. The van der Waals surface area contributed by atoms with Gasteiger partial charge in [-0.05, 0) is 12.1 Å². The third-order valence-corrected chi connectivity index (χ3v) is 2.26. The third kappa shape index (κ3) is 2.57. The van der Waals surface area contributed by atoms with Crippen LogP contribution in [0.25, 0.3) is 0 Å². The van der Waals surface area contributed by atoms with Gasteiger partial charge >= 0.3 is 0 Å². The van der Waals surface area contributed by atoms with Crippen LogP contribution >= 0.6 is 12.2 Å². The SMILES string of the molecule is NC(=S)c1cncnc1Oc1cc(F)ccc1F. The zero-order chi connectivity index (χ0) is 13.1. The monoisotopic (exact) mass is 267 g/mol. The van der Waals surface area contributed by atoms with Crippen molar-refractivity contribution >= 4 is 17.2 Å². The minimum absolute atomic E-state index is 0.00223. The van der Waals surface area contributed by atoms with E-state index in [0.29, 0.717) is 0 Å². The topological polar surface area (TPSA) is 61.0 Å². The fourth-order valence-electron chi connectivity index (χ4n) is 1.23. The average Bonchev–Trinajstić information content (AvgIpc) is 2.34. The Morgan fingerprint density at radius 3 is 2.83 bits per heavy atom. The van der Waals surface area contributed by atoms with Crippen LogP contribution in [0.3, 0.4) is 0 Å². The maximum absolute atomic E-state index is 13.4. The molecule has 18 heavy (non-hydrogen) atoms. The molecule has 7 heteroatoms. The zero-order valence-electron chi connectivity index (χ0n) is 8.93. The van der Waals surface area contributed by atoms with Crippen molar-refractivity contribution in [3.05, 3.63) is 47.9 Å². The van der Waals surface area contributed by atoms with Gasteiger partial charge in [0.1, 0.15) is 17.1 Å². The summed E-state index contributed by atoms with van der Waals surface area (Å²) in [6.45, 7) is 0. The summed E-state index contributed by atoms with van der Waals surface area (Å²) < 4.78 is 31.5. The molecule has 1 heterocycles. The number of nitrogens with two attached hydrogens (primary N) is 1. The van der Waals surface area contributed by atoms with E-state index in [0.717, 1.165) is 18.2 Å². The molecule has 0 saturated carbocycles. The molecule has 1 aromatic carbocycles. The highest BCUT2D eigenvalue weighted by Gasteiger charge is 2.12. The van der Waals surface area contributed by atoms with Gasteiger partial charge in [0.2, 0.25) is 5.88 Å². The molecule has 1 aromatic heterocycles. The van der Waals surface area contributed by atoms with Crippen LogP contribution in [0.2, 0.25) is 0 Å². The molecule has 0 aliphatic heterocycles. The number of hydrogen-bond donors (Lipinski definition) is 1. The van der Waals surface area contributed by atoms with Crippen LogP contribution in [-0.2, 0) is 0 Å². The van der Waals surface area contributed by atoms with E-state index >= 15 is 0 Å². The smallest absolute Gasteiger partial charge is 0.232 e. The molecular formula is C11H7F2N3OS. The van der Waals surface area contributed by atoms with Crippen LogP contribution in [0, 0.1) is 11.6 Å². The zero-order valence-corrected chi connectivity index (χ0v) is 9.75. The molecule has 0 bridgehead atoms. The summed E-state index contributed by atoms with van der Waals surface area (Å²) in [7, 11) is 0. The molecule has 0 radical (unpaired) electrons. The minimum atomic E-state index is -0.719. The van der Waals surface area contributed by atoms with Crippen molar-refractivity contribution in [1.29, 1.82) is 0 Å². The maximum atomic E-state index is 13.4. The summed E-state index contributed by atoms with van der Waals surface area (Å²) in [5, 5.41) is 0.